The summed E-state index contributed by atoms with van der Waals surface area (Å²) in [5.74, 6) is 0.746. The second kappa shape index (κ2) is 10.6. The van der Waals surface area contributed by atoms with E-state index in [0.29, 0.717) is 12.1 Å². The predicted molar refractivity (Wildman–Crippen MR) is 80.6 cm³/mol. The number of hydrogen-bond donors (Lipinski definition) is 1. The van der Waals surface area contributed by atoms with Crippen LogP contribution < -0.4 is 5.32 Å². The second-order valence-corrected chi connectivity index (χ2v) is 5.79. The fraction of sp³-hybridized carbons (Fsp3) is 1.00. The molecule has 3 nitrogen and oxygen atoms in total. The van der Waals surface area contributed by atoms with Crippen molar-refractivity contribution in [2.24, 2.45) is 5.92 Å². The van der Waals surface area contributed by atoms with Gasteiger partial charge < -0.3 is 14.8 Å². The third-order valence-electron chi connectivity index (χ3n) is 4.30. The minimum Gasteiger partial charge on any atom is -0.385 e. The van der Waals surface area contributed by atoms with Crippen molar-refractivity contribution in [2.75, 3.05) is 27.4 Å². The molecule has 0 aromatic heterocycles. The van der Waals surface area contributed by atoms with E-state index >= 15 is 0 Å². The van der Waals surface area contributed by atoms with E-state index in [4.69, 9.17) is 9.47 Å². The first-order valence-corrected chi connectivity index (χ1v) is 8.08. The van der Waals surface area contributed by atoms with Crippen LogP contribution in [0.1, 0.15) is 58.3 Å². The highest BCUT2D eigenvalue weighted by Gasteiger charge is 2.29. The minimum atomic E-state index is 0.378. The molecule has 0 radical (unpaired) electrons. The Kier molecular flexibility index (Phi) is 9.48. The van der Waals surface area contributed by atoms with Gasteiger partial charge in [0.1, 0.15) is 0 Å². The van der Waals surface area contributed by atoms with Crippen molar-refractivity contribution in [1.29, 1.82) is 0 Å². The molecule has 1 rings (SSSR count). The zero-order valence-electron chi connectivity index (χ0n) is 13.1. The summed E-state index contributed by atoms with van der Waals surface area (Å²) in [7, 11) is 3.67. The summed E-state index contributed by atoms with van der Waals surface area (Å²) in [5.41, 5.74) is 0. The number of ether oxygens (including phenoxy) is 2. The van der Waals surface area contributed by atoms with Gasteiger partial charge in [-0.05, 0) is 44.6 Å². The van der Waals surface area contributed by atoms with Crippen molar-refractivity contribution < 1.29 is 9.47 Å². The van der Waals surface area contributed by atoms with Crippen LogP contribution in [-0.4, -0.2) is 39.5 Å². The van der Waals surface area contributed by atoms with Gasteiger partial charge >= 0.3 is 0 Å². The van der Waals surface area contributed by atoms with Crippen molar-refractivity contribution in [3.05, 3.63) is 0 Å². The molecule has 1 N–H and O–H groups in total. The van der Waals surface area contributed by atoms with Crippen LogP contribution in [0, 0.1) is 5.92 Å². The summed E-state index contributed by atoms with van der Waals surface area (Å²) in [6.45, 7) is 4.16. The molecule has 1 aliphatic carbocycles. The summed E-state index contributed by atoms with van der Waals surface area (Å²) in [6.07, 6.45) is 10.7. The summed E-state index contributed by atoms with van der Waals surface area (Å²) in [4.78, 5) is 0. The van der Waals surface area contributed by atoms with Crippen LogP contribution in [0.5, 0.6) is 0 Å². The first-order valence-electron chi connectivity index (χ1n) is 8.08. The van der Waals surface area contributed by atoms with Crippen LogP contribution in [0.15, 0.2) is 0 Å². The first kappa shape index (κ1) is 16.9. The van der Waals surface area contributed by atoms with Crippen LogP contribution in [0.2, 0.25) is 0 Å². The van der Waals surface area contributed by atoms with E-state index in [9.17, 15) is 0 Å². The smallest absolute Gasteiger partial charge is 0.0752 e. The molecule has 1 aliphatic rings. The summed E-state index contributed by atoms with van der Waals surface area (Å²) < 4.78 is 11.1. The maximum absolute atomic E-state index is 5.88. The second-order valence-electron chi connectivity index (χ2n) is 5.79. The van der Waals surface area contributed by atoms with Crippen molar-refractivity contribution in [3.8, 4) is 0 Å². The largest absolute Gasteiger partial charge is 0.385 e. The summed E-state index contributed by atoms with van der Waals surface area (Å²) in [6, 6.07) is 0.489. The van der Waals surface area contributed by atoms with E-state index < -0.39 is 0 Å². The van der Waals surface area contributed by atoms with Crippen LogP contribution in [0.3, 0.4) is 0 Å². The molecular weight excluding hydrogens is 238 g/mol. The molecule has 0 bridgehead atoms. The highest BCUT2D eigenvalue weighted by Crippen LogP contribution is 2.30. The number of methoxy groups -OCH3 is 2. The lowest BCUT2D eigenvalue weighted by Gasteiger charge is -2.35. The van der Waals surface area contributed by atoms with E-state index in [2.05, 4.69) is 12.2 Å². The Morgan fingerprint density at radius 1 is 1.16 bits per heavy atom. The lowest BCUT2D eigenvalue weighted by molar-refractivity contribution is 0.00418. The minimum absolute atomic E-state index is 0.378. The van der Waals surface area contributed by atoms with Gasteiger partial charge in [-0.15, -0.1) is 0 Å². The summed E-state index contributed by atoms with van der Waals surface area (Å²) in [5, 5.41) is 3.70. The van der Waals surface area contributed by atoms with Crippen LogP contribution in [-0.2, 0) is 9.47 Å². The van der Waals surface area contributed by atoms with Gasteiger partial charge in [-0.3, -0.25) is 0 Å². The van der Waals surface area contributed by atoms with Gasteiger partial charge in [0.2, 0.25) is 0 Å². The molecule has 1 fully saturated rings. The number of rotatable bonds is 10. The SMILES string of the molecule is CCCNC(CCCOC)C(OC)C1CCCCC1. The molecule has 1 saturated carbocycles. The molecule has 2 unspecified atom stereocenters. The average molecular weight is 271 g/mol. The van der Waals surface area contributed by atoms with Crippen LogP contribution in [0.25, 0.3) is 0 Å². The van der Waals surface area contributed by atoms with Gasteiger partial charge in [-0.1, -0.05) is 26.2 Å². The van der Waals surface area contributed by atoms with Gasteiger partial charge in [-0.2, -0.15) is 0 Å². The molecule has 0 spiro atoms. The maximum atomic E-state index is 5.88. The van der Waals surface area contributed by atoms with Gasteiger partial charge in [-0.25, -0.2) is 0 Å². The molecule has 0 aromatic rings. The first-order chi connectivity index (χ1) is 9.33. The number of nitrogens with one attached hydrogen (secondary N) is 1. The molecule has 19 heavy (non-hydrogen) atoms. The Morgan fingerprint density at radius 3 is 2.47 bits per heavy atom. The topological polar surface area (TPSA) is 30.5 Å². The third-order valence-corrected chi connectivity index (χ3v) is 4.30. The molecule has 3 heteroatoms. The highest BCUT2D eigenvalue weighted by molar-refractivity contribution is 4.84. The highest BCUT2D eigenvalue weighted by atomic mass is 16.5. The molecule has 0 saturated heterocycles. The fourth-order valence-electron chi connectivity index (χ4n) is 3.31. The van der Waals surface area contributed by atoms with Gasteiger partial charge in [0.05, 0.1) is 6.10 Å². The zero-order valence-corrected chi connectivity index (χ0v) is 13.1. The summed E-state index contributed by atoms with van der Waals surface area (Å²) >= 11 is 0. The quantitative estimate of drug-likeness (QED) is 0.618. The monoisotopic (exact) mass is 271 g/mol. The Hall–Kier alpha value is -0.120. The normalized spacial score (nSPS) is 20.4. The standard InChI is InChI=1S/C16H33NO2/c1-4-12-17-15(11-8-13-18-2)16(19-3)14-9-6-5-7-10-14/h14-17H,4-13H2,1-3H3. The van der Waals surface area contributed by atoms with Gasteiger partial charge in [0.25, 0.3) is 0 Å². The Labute approximate surface area is 119 Å². The molecule has 0 aliphatic heterocycles. The molecular formula is C16H33NO2. The lowest BCUT2D eigenvalue weighted by Crippen LogP contribution is -2.46. The van der Waals surface area contributed by atoms with E-state index in [1.165, 1.54) is 38.5 Å². The maximum Gasteiger partial charge on any atom is 0.0752 e. The van der Waals surface area contributed by atoms with E-state index in [-0.39, 0.29) is 0 Å². The Balaban J connectivity index is 2.50. The molecule has 0 amide bonds. The Morgan fingerprint density at radius 2 is 1.89 bits per heavy atom. The van der Waals surface area contributed by atoms with Crippen molar-refractivity contribution in [3.63, 3.8) is 0 Å². The molecule has 0 aromatic carbocycles. The van der Waals surface area contributed by atoms with Crippen LogP contribution >= 0.6 is 0 Å². The molecule has 0 heterocycles. The predicted octanol–water partition coefficient (Wildman–Crippen LogP) is 3.38. The van der Waals surface area contributed by atoms with Crippen molar-refractivity contribution in [2.45, 2.75) is 70.4 Å². The van der Waals surface area contributed by atoms with E-state index in [1.54, 1.807) is 7.11 Å². The lowest BCUT2D eigenvalue weighted by atomic mass is 9.81. The third kappa shape index (κ3) is 6.24. The van der Waals surface area contributed by atoms with E-state index in [1.807, 2.05) is 7.11 Å². The molecule has 2 atom stereocenters. The van der Waals surface area contributed by atoms with E-state index in [0.717, 1.165) is 31.9 Å². The molecule has 114 valence electrons. The van der Waals surface area contributed by atoms with Crippen molar-refractivity contribution >= 4 is 0 Å². The average Bonchev–Trinajstić information content (AvgIpc) is 2.46. The fourth-order valence-corrected chi connectivity index (χ4v) is 3.31. The number of hydrogen-bond acceptors (Lipinski definition) is 3. The Bertz CT molecular complexity index is 205. The van der Waals surface area contributed by atoms with Crippen molar-refractivity contribution in [1.82, 2.24) is 5.32 Å². The van der Waals surface area contributed by atoms with Gasteiger partial charge in [0, 0.05) is 26.9 Å². The van der Waals surface area contributed by atoms with Gasteiger partial charge in [0.15, 0.2) is 0 Å². The van der Waals surface area contributed by atoms with Crippen LogP contribution in [0.4, 0.5) is 0 Å². The zero-order chi connectivity index (χ0) is 13.9.